The van der Waals surface area contributed by atoms with Crippen molar-refractivity contribution in [2.24, 2.45) is 10.7 Å². The van der Waals surface area contributed by atoms with Crippen molar-refractivity contribution in [2.45, 2.75) is 32.6 Å². The van der Waals surface area contributed by atoms with Crippen LogP contribution in [-0.4, -0.2) is 67.4 Å². The average molecular weight is 461 g/mol. The molecule has 2 N–H and O–H groups in total. The maximum Gasteiger partial charge on any atom is 0.191 e. The SMILES string of the molecule is CC1CN(c2ccc(CN=C(N)N3CCOCC3)cn2)CC(C)O1.I. The molecule has 25 heavy (non-hydrogen) atoms. The molecule has 0 saturated carbocycles. The van der Waals surface area contributed by atoms with Crippen LogP contribution in [0.15, 0.2) is 23.3 Å². The Bertz CT molecular complexity index is 553. The van der Waals surface area contributed by atoms with Crippen molar-refractivity contribution in [2.75, 3.05) is 44.3 Å². The molecule has 0 amide bonds. The monoisotopic (exact) mass is 461 g/mol. The Morgan fingerprint density at radius 2 is 1.92 bits per heavy atom. The molecule has 3 heterocycles. The molecule has 1 aromatic heterocycles. The number of nitrogens with zero attached hydrogens (tertiary/aromatic N) is 4. The predicted molar refractivity (Wildman–Crippen MR) is 110 cm³/mol. The fraction of sp³-hybridized carbons (Fsp3) is 0.647. The Morgan fingerprint density at radius 3 is 2.52 bits per heavy atom. The molecule has 0 aliphatic carbocycles. The van der Waals surface area contributed by atoms with Gasteiger partial charge >= 0.3 is 0 Å². The minimum atomic E-state index is 0. The molecule has 7 nitrogen and oxygen atoms in total. The second-order valence-corrected chi connectivity index (χ2v) is 6.46. The quantitative estimate of drug-likeness (QED) is 0.418. The third kappa shape index (κ3) is 5.68. The summed E-state index contributed by atoms with van der Waals surface area (Å²) in [5, 5.41) is 0. The molecule has 2 aliphatic heterocycles. The van der Waals surface area contributed by atoms with E-state index in [9.17, 15) is 0 Å². The van der Waals surface area contributed by atoms with Crippen molar-refractivity contribution in [3.8, 4) is 0 Å². The maximum atomic E-state index is 6.05. The van der Waals surface area contributed by atoms with Crippen molar-refractivity contribution in [3.63, 3.8) is 0 Å². The molecule has 2 aliphatic rings. The van der Waals surface area contributed by atoms with E-state index in [0.29, 0.717) is 25.7 Å². The van der Waals surface area contributed by atoms with Crippen LogP contribution in [0.2, 0.25) is 0 Å². The summed E-state index contributed by atoms with van der Waals surface area (Å²) >= 11 is 0. The van der Waals surface area contributed by atoms with Gasteiger partial charge in [-0.2, -0.15) is 0 Å². The number of halogens is 1. The van der Waals surface area contributed by atoms with E-state index in [1.165, 1.54) is 0 Å². The minimum Gasteiger partial charge on any atom is -0.378 e. The molecule has 140 valence electrons. The van der Waals surface area contributed by atoms with Gasteiger partial charge in [0, 0.05) is 32.4 Å². The molecular weight excluding hydrogens is 433 g/mol. The second kappa shape index (κ2) is 9.54. The van der Waals surface area contributed by atoms with Crippen LogP contribution in [0.25, 0.3) is 0 Å². The Morgan fingerprint density at radius 1 is 1.24 bits per heavy atom. The molecule has 2 atom stereocenters. The maximum absolute atomic E-state index is 6.05. The van der Waals surface area contributed by atoms with Gasteiger partial charge in [-0.3, -0.25) is 0 Å². The summed E-state index contributed by atoms with van der Waals surface area (Å²) in [7, 11) is 0. The van der Waals surface area contributed by atoms with Gasteiger partial charge in [-0.1, -0.05) is 6.07 Å². The number of nitrogens with two attached hydrogens (primary N) is 1. The van der Waals surface area contributed by atoms with Gasteiger partial charge in [0.15, 0.2) is 5.96 Å². The number of hydrogen-bond donors (Lipinski definition) is 1. The largest absolute Gasteiger partial charge is 0.378 e. The van der Waals surface area contributed by atoms with E-state index in [1.54, 1.807) is 0 Å². The van der Waals surface area contributed by atoms with Crippen molar-refractivity contribution in [1.29, 1.82) is 0 Å². The highest BCUT2D eigenvalue weighted by Gasteiger charge is 2.22. The molecule has 0 bridgehead atoms. The van der Waals surface area contributed by atoms with Crippen LogP contribution >= 0.6 is 24.0 Å². The number of anilines is 1. The summed E-state index contributed by atoms with van der Waals surface area (Å²) in [4.78, 5) is 13.4. The van der Waals surface area contributed by atoms with Crippen molar-refractivity contribution in [1.82, 2.24) is 9.88 Å². The van der Waals surface area contributed by atoms with E-state index in [0.717, 1.165) is 37.6 Å². The van der Waals surface area contributed by atoms with Gasteiger partial charge in [0.2, 0.25) is 0 Å². The van der Waals surface area contributed by atoms with Crippen molar-refractivity contribution >= 4 is 35.8 Å². The van der Waals surface area contributed by atoms with E-state index in [-0.39, 0.29) is 36.2 Å². The lowest BCUT2D eigenvalue weighted by molar-refractivity contribution is -0.00545. The van der Waals surface area contributed by atoms with Crippen LogP contribution in [-0.2, 0) is 16.0 Å². The topological polar surface area (TPSA) is 76.2 Å². The minimum absolute atomic E-state index is 0. The Labute approximate surface area is 166 Å². The van der Waals surface area contributed by atoms with Gasteiger partial charge in [0.1, 0.15) is 5.82 Å². The van der Waals surface area contributed by atoms with Gasteiger partial charge in [-0.05, 0) is 25.5 Å². The van der Waals surface area contributed by atoms with Gasteiger partial charge in [0.05, 0.1) is 32.0 Å². The highest BCUT2D eigenvalue weighted by atomic mass is 127. The van der Waals surface area contributed by atoms with Crippen molar-refractivity contribution < 1.29 is 9.47 Å². The molecule has 0 radical (unpaired) electrons. The number of morpholine rings is 2. The fourth-order valence-corrected chi connectivity index (χ4v) is 3.13. The number of aromatic nitrogens is 1. The zero-order valence-electron chi connectivity index (χ0n) is 14.9. The van der Waals surface area contributed by atoms with E-state index in [4.69, 9.17) is 15.2 Å². The number of guanidine groups is 1. The third-order valence-corrected chi connectivity index (χ3v) is 4.31. The van der Waals surface area contributed by atoms with Gasteiger partial charge < -0.3 is 25.0 Å². The van der Waals surface area contributed by atoms with Crippen LogP contribution in [0.1, 0.15) is 19.4 Å². The predicted octanol–water partition coefficient (Wildman–Crippen LogP) is 1.46. The smallest absolute Gasteiger partial charge is 0.191 e. The number of ether oxygens (including phenoxy) is 2. The molecule has 2 fully saturated rings. The third-order valence-electron chi connectivity index (χ3n) is 4.31. The molecule has 8 heteroatoms. The highest BCUT2D eigenvalue weighted by Crippen LogP contribution is 2.18. The molecular formula is C17H28IN5O2. The lowest BCUT2D eigenvalue weighted by atomic mass is 10.2. The van der Waals surface area contributed by atoms with Gasteiger partial charge in [-0.25, -0.2) is 9.98 Å². The standard InChI is InChI=1S/C17H27N5O2.HI/c1-13-11-22(12-14(2)24-13)16-4-3-15(9-19-16)10-20-17(18)21-5-7-23-8-6-21;/h3-4,9,13-14H,5-8,10-12H2,1-2H3,(H2,18,20);1H. The Hall–Kier alpha value is -1.13. The second-order valence-electron chi connectivity index (χ2n) is 6.46. The Balaban J connectivity index is 0.00000225. The summed E-state index contributed by atoms with van der Waals surface area (Å²) in [6, 6.07) is 4.13. The fourth-order valence-electron chi connectivity index (χ4n) is 3.13. The summed E-state index contributed by atoms with van der Waals surface area (Å²) in [6.45, 7) is 9.52. The lowest BCUT2D eigenvalue weighted by Gasteiger charge is -2.36. The molecule has 3 rings (SSSR count). The number of pyridine rings is 1. The molecule has 0 aromatic carbocycles. The first-order valence-electron chi connectivity index (χ1n) is 8.60. The van der Waals surface area contributed by atoms with Crippen LogP contribution in [0, 0.1) is 0 Å². The molecule has 0 spiro atoms. The number of aliphatic imine (C=N–C) groups is 1. The summed E-state index contributed by atoms with van der Waals surface area (Å²) < 4.78 is 11.1. The van der Waals surface area contributed by atoms with Crippen molar-refractivity contribution in [3.05, 3.63) is 23.9 Å². The molecule has 1 aromatic rings. The molecule has 2 saturated heterocycles. The highest BCUT2D eigenvalue weighted by molar-refractivity contribution is 14.0. The summed E-state index contributed by atoms with van der Waals surface area (Å²) in [6.07, 6.45) is 2.34. The van der Waals surface area contributed by atoms with E-state index in [1.807, 2.05) is 6.20 Å². The van der Waals surface area contributed by atoms with Gasteiger partial charge in [0.25, 0.3) is 0 Å². The number of rotatable bonds is 3. The zero-order valence-corrected chi connectivity index (χ0v) is 17.3. The first-order valence-corrected chi connectivity index (χ1v) is 8.60. The number of hydrogen-bond acceptors (Lipinski definition) is 5. The van der Waals surface area contributed by atoms with Crippen LogP contribution in [0.3, 0.4) is 0 Å². The van der Waals surface area contributed by atoms with Crippen LogP contribution < -0.4 is 10.6 Å². The van der Waals surface area contributed by atoms with Crippen LogP contribution in [0.5, 0.6) is 0 Å². The van der Waals surface area contributed by atoms with Gasteiger partial charge in [-0.15, -0.1) is 24.0 Å². The summed E-state index contributed by atoms with van der Waals surface area (Å²) in [5.41, 5.74) is 7.11. The van der Waals surface area contributed by atoms with E-state index in [2.05, 4.69) is 45.8 Å². The van der Waals surface area contributed by atoms with E-state index < -0.39 is 0 Å². The Kier molecular flexibility index (Phi) is 7.70. The lowest BCUT2D eigenvalue weighted by Crippen LogP contribution is -2.45. The zero-order chi connectivity index (χ0) is 16.9. The molecule has 2 unspecified atom stereocenters. The first kappa shape index (κ1) is 20.2. The van der Waals surface area contributed by atoms with E-state index >= 15 is 0 Å². The van der Waals surface area contributed by atoms with Crippen LogP contribution in [0.4, 0.5) is 5.82 Å². The summed E-state index contributed by atoms with van der Waals surface area (Å²) in [5.74, 6) is 1.57. The average Bonchev–Trinajstić information content (AvgIpc) is 2.60. The normalized spacial score (nSPS) is 24.8. The first-order chi connectivity index (χ1) is 11.6.